The van der Waals surface area contributed by atoms with Crippen molar-refractivity contribution in [2.45, 2.75) is 169 Å². The zero-order valence-corrected chi connectivity index (χ0v) is 31.2. The lowest BCUT2D eigenvalue weighted by Crippen LogP contribution is -2.56. The molecule has 7 fully saturated rings. The molecule has 5 aliphatic carbocycles. The largest absolute Gasteiger partial charge is 0.457 e. The molecule has 3 N–H and O–H groups in total. The van der Waals surface area contributed by atoms with Crippen LogP contribution in [0, 0.1) is 57.2 Å². The van der Waals surface area contributed by atoms with E-state index in [0.717, 1.165) is 38.5 Å². The van der Waals surface area contributed by atoms with Gasteiger partial charge in [0, 0.05) is 25.2 Å². The first-order valence-electron chi connectivity index (χ1n) is 19.1. The second-order valence-electron chi connectivity index (χ2n) is 18.1. The minimum absolute atomic E-state index is 0.00827. The fourth-order valence-corrected chi connectivity index (χ4v) is 13.6. The number of ketones is 1. The van der Waals surface area contributed by atoms with Crippen LogP contribution < -0.4 is 0 Å². The summed E-state index contributed by atoms with van der Waals surface area (Å²) >= 11 is 0. The molecule has 2 saturated heterocycles. The second-order valence-corrected chi connectivity index (χ2v) is 18.1. The molecular weight excluding hydrogens is 612 g/mol. The Bertz CT molecular complexity index is 1240. The van der Waals surface area contributed by atoms with Crippen LogP contribution in [-0.4, -0.2) is 82.2 Å². The van der Waals surface area contributed by atoms with Gasteiger partial charge in [-0.25, -0.2) is 0 Å². The Balaban J connectivity index is 0.00000197. The van der Waals surface area contributed by atoms with Gasteiger partial charge in [0.2, 0.25) is 0 Å². The SMILES string of the molecule is CC.CC(=O)OC(C1C[C@@H](C)C2C(O1)C(=O)C1C3CC[C@H]4C(C)(C)C(OC5CC(O)C(O)CO5)CCC45[C@@H](C)[C@@]35CCC12C)C(C)(C)O. The number of carbonyl (C=O) groups is 2. The van der Waals surface area contributed by atoms with E-state index in [1.807, 2.05) is 13.8 Å². The van der Waals surface area contributed by atoms with Crippen molar-refractivity contribution in [2.75, 3.05) is 6.61 Å². The lowest BCUT2D eigenvalue weighted by Gasteiger charge is -2.59. The summed E-state index contributed by atoms with van der Waals surface area (Å²) in [5, 5.41) is 31.1. The Morgan fingerprint density at radius 3 is 2.29 bits per heavy atom. The van der Waals surface area contributed by atoms with Crippen LogP contribution in [0.15, 0.2) is 0 Å². The molecule has 2 heterocycles. The van der Waals surface area contributed by atoms with Crippen LogP contribution in [0.1, 0.15) is 121 Å². The molecule has 0 aromatic rings. The van der Waals surface area contributed by atoms with Crippen LogP contribution in [-0.2, 0) is 28.5 Å². The molecule has 0 amide bonds. The van der Waals surface area contributed by atoms with Crippen molar-refractivity contribution in [2.24, 2.45) is 57.2 Å². The molecule has 7 rings (SSSR count). The predicted molar refractivity (Wildman–Crippen MR) is 179 cm³/mol. The van der Waals surface area contributed by atoms with E-state index >= 15 is 0 Å². The van der Waals surface area contributed by atoms with Crippen molar-refractivity contribution in [1.82, 2.24) is 0 Å². The van der Waals surface area contributed by atoms with Gasteiger partial charge in [-0.1, -0.05) is 48.5 Å². The van der Waals surface area contributed by atoms with Crippen LogP contribution in [0.4, 0.5) is 0 Å². The molecule has 9 nitrogen and oxygen atoms in total. The smallest absolute Gasteiger partial charge is 0.303 e. The zero-order valence-electron chi connectivity index (χ0n) is 31.2. The summed E-state index contributed by atoms with van der Waals surface area (Å²) in [7, 11) is 0. The van der Waals surface area contributed by atoms with Crippen molar-refractivity contribution in [3.63, 3.8) is 0 Å². The van der Waals surface area contributed by atoms with Crippen molar-refractivity contribution in [3.05, 3.63) is 0 Å². The number of hydrogen-bond acceptors (Lipinski definition) is 9. The summed E-state index contributed by atoms with van der Waals surface area (Å²) in [5.41, 5.74) is -1.19. The van der Waals surface area contributed by atoms with Gasteiger partial charge in [-0.15, -0.1) is 0 Å². The first-order chi connectivity index (χ1) is 22.4. The molecule has 0 aromatic heterocycles. The van der Waals surface area contributed by atoms with Gasteiger partial charge in [0.1, 0.15) is 12.2 Å². The summed E-state index contributed by atoms with van der Waals surface area (Å²) in [4.78, 5) is 26.7. The lowest BCUT2D eigenvalue weighted by atomic mass is 9.46. The van der Waals surface area contributed by atoms with E-state index in [1.165, 1.54) is 6.92 Å². The maximum absolute atomic E-state index is 14.7. The van der Waals surface area contributed by atoms with Gasteiger partial charge in [-0.2, -0.15) is 0 Å². The highest BCUT2D eigenvalue weighted by molar-refractivity contribution is 5.90. The van der Waals surface area contributed by atoms with Crippen molar-refractivity contribution < 1.29 is 43.9 Å². The third-order valence-corrected chi connectivity index (χ3v) is 15.3. The number of rotatable bonds is 5. The molecule has 5 saturated carbocycles. The monoisotopic (exact) mass is 676 g/mol. The average molecular weight is 677 g/mol. The number of aliphatic hydroxyl groups excluding tert-OH is 2. The van der Waals surface area contributed by atoms with Gasteiger partial charge in [0.15, 0.2) is 18.2 Å². The number of aliphatic hydroxyl groups is 3. The van der Waals surface area contributed by atoms with Crippen LogP contribution >= 0.6 is 0 Å². The minimum atomic E-state index is -1.29. The predicted octanol–water partition coefficient (Wildman–Crippen LogP) is 5.45. The van der Waals surface area contributed by atoms with Crippen molar-refractivity contribution in [1.29, 1.82) is 0 Å². The average Bonchev–Trinajstić information content (AvgIpc) is 3.44. The standard InChI is InChI=1S/C37H58O9.C2H6/c1-18-15-24(32(34(6,7)42)44-20(3)38)45-31-28(18)35(8)13-14-36-19(2)37(36)12-11-26(46-27-16-22(39)23(40)17-43-27)33(4,5)25(37)10-9-21(36)29(35)30(31)41;1-2/h18-19,21-29,31-32,39-40,42H,9-17H2,1-8H3;1-2H3/t18-,19+,21?,22?,23?,24?,25+,26?,27?,28?,29?,31?,32?,35?,36+,37?;/m1./s1. The maximum Gasteiger partial charge on any atom is 0.303 e. The third kappa shape index (κ3) is 5.05. The molecule has 9 heteroatoms. The summed E-state index contributed by atoms with van der Waals surface area (Å²) in [5.74, 6) is 1.40. The van der Waals surface area contributed by atoms with Crippen molar-refractivity contribution in [3.8, 4) is 0 Å². The Hall–Kier alpha value is -1.10. The summed E-state index contributed by atoms with van der Waals surface area (Å²) in [6, 6.07) is 0. The van der Waals surface area contributed by atoms with Crippen molar-refractivity contribution >= 4 is 11.8 Å². The van der Waals surface area contributed by atoms with Gasteiger partial charge < -0.3 is 34.3 Å². The highest BCUT2D eigenvalue weighted by Crippen LogP contribution is 2.89. The molecule has 0 radical (unpaired) electrons. The molecule has 7 aliphatic rings. The molecule has 0 bridgehead atoms. The number of hydrogen-bond donors (Lipinski definition) is 3. The van der Waals surface area contributed by atoms with E-state index in [9.17, 15) is 24.9 Å². The van der Waals surface area contributed by atoms with E-state index < -0.39 is 48.4 Å². The van der Waals surface area contributed by atoms with Crippen LogP contribution in [0.2, 0.25) is 0 Å². The third-order valence-electron chi connectivity index (χ3n) is 15.3. The molecule has 2 spiro atoms. The Labute approximate surface area is 288 Å². The Morgan fingerprint density at radius 2 is 1.67 bits per heavy atom. The van der Waals surface area contributed by atoms with Gasteiger partial charge in [-0.05, 0) is 104 Å². The maximum atomic E-state index is 14.7. The zero-order chi connectivity index (χ0) is 35.4. The Kier molecular flexibility index (Phi) is 9.36. The quantitative estimate of drug-likeness (QED) is 0.257. The number of ether oxygens (including phenoxy) is 4. The van der Waals surface area contributed by atoms with Gasteiger partial charge in [0.05, 0.1) is 30.5 Å². The van der Waals surface area contributed by atoms with Gasteiger partial charge >= 0.3 is 5.97 Å². The van der Waals surface area contributed by atoms with Crippen LogP contribution in [0.5, 0.6) is 0 Å². The first-order valence-corrected chi connectivity index (χ1v) is 19.1. The van der Waals surface area contributed by atoms with E-state index in [1.54, 1.807) is 13.8 Å². The second kappa shape index (κ2) is 12.3. The van der Waals surface area contributed by atoms with E-state index in [2.05, 4.69) is 34.6 Å². The number of esters is 1. The fraction of sp³-hybridized carbons (Fsp3) is 0.949. The number of Topliss-reactive ketones (excluding diaryl/α,β-unsaturated/α-hetero) is 1. The molecule has 12 unspecified atom stereocenters. The fourth-order valence-electron chi connectivity index (χ4n) is 13.6. The molecule has 0 aromatic carbocycles. The Morgan fingerprint density at radius 1 is 0.979 bits per heavy atom. The molecule has 48 heavy (non-hydrogen) atoms. The summed E-state index contributed by atoms with van der Waals surface area (Å²) in [6.07, 6.45) is 3.12. The first kappa shape index (κ1) is 36.7. The normalized spacial score (nSPS) is 51.1. The lowest BCUT2D eigenvalue weighted by molar-refractivity contribution is -0.264. The van der Waals surface area contributed by atoms with E-state index in [0.29, 0.717) is 24.2 Å². The molecule has 16 atom stereocenters. The van der Waals surface area contributed by atoms with E-state index in [-0.39, 0.29) is 64.3 Å². The molecule has 274 valence electrons. The van der Waals surface area contributed by atoms with Crippen LogP contribution in [0.3, 0.4) is 0 Å². The highest BCUT2D eigenvalue weighted by Gasteiger charge is 2.86. The molecule has 2 aliphatic heterocycles. The van der Waals surface area contributed by atoms with Crippen LogP contribution in [0.25, 0.3) is 0 Å². The topological polar surface area (TPSA) is 132 Å². The van der Waals surface area contributed by atoms with Gasteiger partial charge in [-0.3, -0.25) is 9.59 Å². The number of fused-ring (bicyclic) bond motifs is 4. The summed E-state index contributed by atoms with van der Waals surface area (Å²) in [6.45, 7) is 20.5. The minimum Gasteiger partial charge on any atom is -0.457 e. The van der Waals surface area contributed by atoms with E-state index in [4.69, 9.17) is 18.9 Å². The highest BCUT2D eigenvalue weighted by atomic mass is 16.7. The summed E-state index contributed by atoms with van der Waals surface area (Å²) < 4.78 is 24.7. The van der Waals surface area contributed by atoms with Gasteiger partial charge in [0.25, 0.3) is 0 Å². The number of carbonyl (C=O) groups excluding carboxylic acids is 2. The molecular formula is C39H64O9.